The molecule has 1 aromatic heterocycles. The number of Topliss-reactive ketones (excluding diaryl/α,β-unsaturated/α-hetero) is 1. The third kappa shape index (κ3) is 3.30. The van der Waals surface area contributed by atoms with Crippen LogP contribution in [0.25, 0.3) is 21.8 Å². The van der Waals surface area contributed by atoms with Gasteiger partial charge in [0.2, 0.25) is 5.91 Å². The van der Waals surface area contributed by atoms with E-state index < -0.39 is 21.2 Å². The summed E-state index contributed by atoms with van der Waals surface area (Å²) in [7, 11) is 0. The molecule has 2 aliphatic rings. The molecule has 0 saturated heterocycles. The van der Waals surface area contributed by atoms with Gasteiger partial charge in [-0.25, -0.2) is 0 Å². The molecule has 6 rings (SSSR count). The van der Waals surface area contributed by atoms with Crippen molar-refractivity contribution >= 4 is 56.3 Å². The zero-order valence-corrected chi connectivity index (χ0v) is 22.9. The Kier molecular flexibility index (Phi) is 5.62. The zero-order chi connectivity index (χ0) is 28.4. The summed E-state index contributed by atoms with van der Waals surface area (Å²) in [5.41, 5.74) is 4.04. The van der Waals surface area contributed by atoms with Gasteiger partial charge in [-0.15, -0.1) is 0 Å². The van der Waals surface area contributed by atoms with Gasteiger partial charge in [0, 0.05) is 51.6 Å². The van der Waals surface area contributed by atoms with Crippen LogP contribution in [0.15, 0.2) is 71.8 Å². The Morgan fingerprint density at radius 3 is 2.35 bits per heavy atom. The van der Waals surface area contributed by atoms with Gasteiger partial charge >= 0.3 is 0 Å². The number of nitro groups is 1. The molecule has 0 aliphatic heterocycles. The molecule has 2 atom stereocenters. The Hall–Kier alpha value is -4.53. The Morgan fingerprint density at radius 1 is 0.975 bits per heavy atom. The van der Waals surface area contributed by atoms with Crippen molar-refractivity contribution in [2.24, 2.45) is 21.3 Å². The lowest BCUT2D eigenvalue weighted by atomic mass is 9.64. The van der Waals surface area contributed by atoms with Crippen LogP contribution in [0.1, 0.15) is 40.5 Å². The second-order valence-electron chi connectivity index (χ2n) is 11.5. The lowest BCUT2D eigenvalue weighted by molar-refractivity contribution is -0.384. The molecule has 9 heteroatoms. The van der Waals surface area contributed by atoms with Gasteiger partial charge in [-0.1, -0.05) is 39.0 Å². The summed E-state index contributed by atoms with van der Waals surface area (Å²) in [6, 6.07) is 20.0. The van der Waals surface area contributed by atoms with Crippen molar-refractivity contribution in [2.75, 3.05) is 10.7 Å². The fourth-order valence-corrected chi connectivity index (χ4v) is 6.96. The third-order valence-electron chi connectivity index (χ3n) is 9.68. The van der Waals surface area contributed by atoms with E-state index in [1.54, 1.807) is 12.1 Å². The average molecular weight is 538 g/mol. The number of ketones is 1. The smallest absolute Gasteiger partial charge is 0.269 e. The number of hydrogen-bond acceptors (Lipinski definition) is 6. The van der Waals surface area contributed by atoms with Crippen molar-refractivity contribution < 1.29 is 14.5 Å². The van der Waals surface area contributed by atoms with E-state index >= 15 is 0 Å². The molecule has 9 nitrogen and oxygen atoms in total. The molecule has 2 saturated carbocycles. The van der Waals surface area contributed by atoms with Gasteiger partial charge in [-0.3, -0.25) is 25.1 Å². The number of nitrogens with one attached hydrogen (secondary N) is 2. The van der Waals surface area contributed by atoms with E-state index in [1.807, 2.05) is 51.1 Å². The van der Waals surface area contributed by atoms with Crippen LogP contribution in [0, 0.1) is 26.4 Å². The molecule has 2 unspecified atom stereocenters. The minimum atomic E-state index is -1.26. The van der Waals surface area contributed by atoms with Crippen LogP contribution in [-0.2, 0) is 16.1 Å². The molecule has 1 heterocycles. The summed E-state index contributed by atoms with van der Waals surface area (Å²) in [6.45, 7) is 8.89. The number of benzene rings is 3. The van der Waals surface area contributed by atoms with E-state index in [9.17, 15) is 19.7 Å². The number of rotatable bonds is 6. The molecule has 40 heavy (non-hydrogen) atoms. The molecular formula is C31H31N5O4. The van der Waals surface area contributed by atoms with Gasteiger partial charge in [-0.2, -0.15) is 5.10 Å². The van der Waals surface area contributed by atoms with Crippen LogP contribution < -0.4 is 10.7 Å². The maximum absolute atomic E-state index is 14.1. The normalized spacial score (nSPS) is 24.2. The van der Waals surface area contributed by atoms with Crippen LogP contribution >= 0.6 is 0 Å². The van der Waals surface area contributed by atoms with Crippen LogP contribution in [0.5, 0.6) is 0 Å². The second kappa shape index (κ2) is 8.74. The number of nitrogens with zero attached hydrogens (tertiary/aromatic N) is 3. The SMILES string of the molecule is CCn1c2ccccc2c2cc(NC(=O)C34CCC(C)(C(=NNc5ccc([N+](=O)[O-])cc5)C3=O)C4(C)C)ccc21. The predicted octanol–water partition coefficient (Wildman–Crippen LogP) is 6.52. The lowest BCUT2D eigenvalue weighted by Gasteiger charge is -2.37. The number of carbonyl (C=O) groups excluding carboxylic acids is 2. The number of aryl methyl sites for hydroxylation is 1. The van der Waals surface area contributed by atoms with E-state index in [2.05, 4.69) is 39.5 Å². The van der Waals surface area contributed by atoms with Gasteiger partial charge in [0.25, 0.3) is 5.69 Å². The summed E-state index contributed by atoms with van der Waals surface area (Å²) in [5.74, 6) is -0.591. The van der Waals surface area contributed by atoms with E-state index in [1.165, 1.54) is 12.1 Å². The summed E-state index contributed by atoms with van der Waals surface area (Å²) in [4.78, 5) is 38.6. The van der Waals surface area contributed by atoms with Crippen molar-refractivity contribution in [2.45, 2.75) is 47.1 Å². The number of non-ortho nitro benzene ring substituents is 1. The first kappa shape index (κ1) is 25.7. The third-order valence-corrected chi connectivity index (χ3v) is 9.68. The topological polar surface area (TPSA) is 119 Å². The number of carbonyl (C=O) groups is 2. The maximum atomic E-state index is 14.1. The minimum Gasteiger partial charge on any atom is -0.341 e. The summed E-state index contributed by atoms with van der Waals surface area (Å²) < 4.78 is 2.25. The molecule has 0 spiro atoms. The van der Waals surface area contributed by atoms with E-state index in [0.717, 1.165) is 28.4 Å². The van der Waals surface area contributed by atoms with Gasteiger partial charge in [0.05, 0.1) is 10.6 Å². The largest absolute Gasteiger partial charge is 0.341 e. The molecule has 1 amide bonds. The molecule has 2 aliphatic carbocycles. The summed E-state index contributed by atoms with van der Waals surface area (Å²) >= 11 is 0. The molecule has 3 aromatic carbocycles. The first-order chi connectivity index (χ1) is 19.0. The highest BCUT2D eigenvalue weighted by Crippen LogP contribution is 2.69. The van der Waals surface area contributed by atoms with Crippen molar-refractivity contribution in [3.05, 3.63) is 76.8 Å². The lowest BCUT2D eigenvalue weighted by Crippen LogP contribution is -2.47. The molecule has 2 bridgehead atoms. The molecule has 2 N–H and O–H groups in total. The number of fused-ring (bicyclic) bond motifs is 5. The summed E-state index contributed by atoms with van der Waals surface area (Å²) in [5, 5.41) is 20.7. The highest BCUT2D eigenvalue weighted by Gasteiger charge is 2.76. The summed E-state index contributed by atoms with van der Waals surface area (Å²) in [6.07, 6.45) is 1.08. The number of amides is 1. The standard InChI is InChI=1S/C31H31N5O4/c1-5-35-24-9-7-6-8-22(24)23-18-20(12-15-25(23)35)32-28(38)31-17-16-30(4,29(31,2)3)26(27(31)37)34-33-19-10-13-21(14-11-19)36(39)40/h6-15,18,33H,5,16-17H2,1-4H3,(H,32,38). The Bertz CT molecular complexity index is 1750. The van der Waals surface area contributed by atoms with Gasteiger partial charge in [0.15, 0.2) is 5.78 Å². The fraction of sp³-hybridized carbons (Fsp3) is 0.323. The highest BCUT2D eigenvalue weighted by atomic mass is 16.6. The van der Waals surface area contributed by atoms with Crippen molar-refractivity contribution in [1.29, 1.82) is 0 Å². The number of nitro benzene ring substituents is 1. The quantitative estimate of drug-likeness (QED) is 0.165. The number of hydrazone groups is 1. The monoisotopic (exact) mass is 537 g/mol. The van der Waals surface area contributed by atoms with Gasteiger partial charge in [-0.05, 0) is 61.6 Å². The minimum absolute atomic E-state index is 0.0321. The maximum Gasteiger partial charge on any atom is 0.269 e. The average Bonchev–Trinajstić information content (AvgIpc) is 3.41. The van der Waals surface area contributed by atoms with Crippen molar-refractivity contribution in [3.8, 4) is 0 Å². The molecule has 4 aromatic rings. The zero-order valence-electron chi connectivity index (χ0n) is 22.9. The van der Waals surface area contributed by atoms with Gasteiger partial charge in [0.1, 0.15) is 11.1 Å². The number of anilines is 2. The van der Waals surface area contributed by atoms with Crippen LogP contribution in [0.4, 0.5) is 17.1 Å². The van der Waals surface area contributed by atoms with E-state index in [4.69, 9.17) is 0 Å². The number of para-hydroxylation sites is 1. The Labute approximate surface area is 231 Å². The van der Waals surface area contributed by atoms with E-state index in [0.29, 0.717) is 29.9 Å². The molecule has 0 radical (unpaired) electrons. The Balaban J connectivity index is 1.33. The number of aromatic nitrogens is 1. The van der Waals surface area contributed by atoms with Crippen LogP contribution in [0.3, 0.4) is 0 Å². The first-order valence-electron chi connectivity index (χ1n) is 13.5. The van der Waals surface area contributed by atoms with E-state index in [-0.39, 0.29) is 17.4 Å². The van der Waals surface area contributed by atoms with Crippen molar-refractivity contribution in [1.82, 2.24) is 4.57 Å². The molecule has 2 fully saturated rings. The second-order valence-corrected chi connectivity index (χ2v) is 11.5. The predicted molar refractivity (Wildman–Crippen MR) is 156 cm³/mol. The van der Waals surface area contributed by atoms with Crippen LogP contribution in [0.2, 0.25) is 0 Å². The van der Waals surface area contributed by atoms with Crippen molar-refractivity contribution in [3.63, 3.8) is 0 Å². The van der Waals surface area contributed by atoms with Gasteiger partial charge < -0.3 is 9.88 Å². The number of hydrogen-bond donors (Lipinski definition) is 2. The first-order valence-corrected chi connectivity index (χ1v) is 13.5. The fourth-order valence-electron chi connectivity index (χ4n) is 6.96. The molecular weight excluding hydrogens is 506 g/mol. The molecule has 204 valence electrons. The highest BCUT2D eigenvalue weighted by molar-refractivity contribution is 6.51. The van der Waals surface area contributed by atoms with Crippen LogP contribution in [-0.4, -0.2) is 26.9 Å². The Morgan fingerprint density at radius 2 is 1.65 bits per heavy atom.